The van der Waals surface area contributed by atoms with Crippen LogP contribution < -0.4 is 0 Å². The Morgan fingerprint density at radius 2 is 1.25 bits per heavy atom. The number of hydrogen-bond donors (Lipinski definition) is 0. The van der Waals surface area contributed by atoms with Crippen LogP contribution in [0.15, 0.2) is 0 Å². The fraction of sp³-hybridized carbons (Fsp3) is 0. The van der Waals surface area contributed by atoms with E-state index in [2.05, 4.69) is 0 Å². The van der Waals surface area contributed by atoms with E-state index < -0.39 is 0 Å². The molecule has 0 aliphatic heterocycles. The second-order valence-corrected chi connectivity index (χ2v) is 0. The maximum atomic E-state index is 8.38. The third-order valence-corrected chi connectivity index (χ3v) is 0. The summed E-state index contributed by atoms with van der Waals surface area (Å²) in [4.78, 5) is 0. The molecular weight excluding hydrogens is 301 g/mol. The molecule has 19 valence electrons. The minimum absolute atomic E-state index is 0. The number of rotatable bonds is 0. The van der Waals surface area contributed by atoms with Gasteiger partial charge >= 0.3 is 48.0 Å². The van der Waals surface area contributed by atoms with Crippen LogP contribution in [0.4, 0.5) is 0 Å². The van der Waals surface area contributed by atoms with Gasteiger partial charge in [0.25, 0.3) is 0 Å². The summed E-state index contributed by atoms with van der Waals surface area (Å²) < 4.78 is 8.38. The summed E-state index contributed by atoms with van der Waals surface area (Å²) in [6.07, 6.45) is 0. The Morgan fingerprint density at radius 1 is 1.25 bits per heavy atom. The van der Waals surface area contributed by atoms with Crippen LogP contribution in [0.25, 0.3) is 0 Å². The van der Waals surface area contributed by atoms with Gasteiger partial charge in [-0.3, -0.25) is 0 Å². The minimum atomic E-state index is 0. The zero-order valence-electron chi connectivity index (χ0n) is 2.40. The van der Waals surface area contributed by atoms with Crippen LogP contribution in [0, 0.1) is 0 Å². The quantitative estimate of drug-likeness (QED) is 0.488. The van der Waals surface area contributed by atoms with Crippen LogP contribution in [-0.4, -0.2) is 34.6 Å². The summed E-state index contributed by atoms with van der Waals surface area (Å²) in [5.41, 5.74) is 0. The molecule has 0 spiro atoms. The van der Waals surface area contributed by atoms with Gasteiger partial charge < -0.3 is 0 Å². The van der Waals surface area contributed by atoms with Crippen LogP contribution in [-0.2, 0) is 21.8 Å². The van der Waals surface area contributed by atoms with Crippen LogP contribution in [0.2, 0.25) is 0 Å². The SMILES string of the molecule is [B].[BiH3].[O]=[Zn]. The molecule has 0 aliphatic carbocycles. The molecule has 0 unspecified atom stereocenters. The molecule has 0 aromatic carbocycles. The Morgan fingerprint density at radius 3 is 1.25 bits per heavy atom. The summed E-state index contributed by atoms with van der Waals surface area (Å²) in [5.74, 6) is 0. The van der Waals surface area contributed by atoms with Gasteiger partial charge in [-0.25, -0.2) is 0 Å². The molecule has 0 heterocycles. The Balaban J connectivity index is -0.00000000500. The topological polar surface area (TPSA) is 17.1 Å². The van der Waals surface area contributed by atoms with E-state index in [0.717, 1.165) is 0 Å². The molecule has 0 fully saturated rings. The van der Waals surface area contributed by atoms with Crippen molar-refractivity contribution >= 4 is 34.6 Å². The zero-order valence-corrected chi connectivity index (χ0v) is 10.9. The molecular formula is H3BBiOZn. The molecule has 0 amide bonds. The van der Waals surface area contributed by atoms with Gasteiger partial charge in [0.15, 0.2) is 0 Å². The van der Waals surface area contributed by atoms with Crippen molar-refractivity contribution in [3.05, 3.63) is 0 Å². The molecule has 4 heteroatoms. The second-order valence-electron chi connectivity index (χ2n) is 0. The average molecular weight is 304 g/mol. The van der Waals surface area contributed by atoms with E-state index >= 15 is 0 Å². The molecule has 0 atom stereocenters. The Hall–Kier alpha value is 1.37. The van der Waals surface area contributed by atoms with E-state index in [1.165, 1.54) is 0 Å². The van der Waals surface area contributed by atoms with Gasteiger partial charge in [-0.1, -0.05) is 0 Å². The van der Waals surface area contributed by atoms with Crippen molar-refractivity contribution in [2.75, 3.05) is 0 Å². The van der Waals surface area contributed by atoms with E-state index in [0.29, 0.717) is 0 Å². The van der Waals surface area contributed by atoms with E-state index in [-0.39, 0.29) is 52.9 Å². The van der Waals surface area contributed by atoms with Crippen molar-refractivity contribution in [1.29, 1.82) is 0 Å². The third-order valence-electron chi connectivity index (χ3n) is 0. The van der Waals surface area contributed by atoms with E-state index in [4.69, 9.17) is 3.57 Å². The summed E-state index contributed by atoms with van der Waals surface area (Å²) in [6.45, 7) is 0. The fourth-order valence-corrected chi connectivity index (χ4v) is 0. The van der Waals surface area contributed by atoms with Crippen molar-refractivity contribution in [1.82, 2.24) is 0 Å². The maximum absolute atomic E-state index is 8.38. The summed E-state index contributed by atoms with van der Waals surface area (Å²) in [6, 6.07) is 0. The molecule has 0 aromatic heterocycles. The van der Waals surface area contributed by atoms with E-state index in [1.807, 2.05) is 0 Å². The third kappa shape index (κ3) is 10.1. The molecule has 4 heavy (non-hydrogen) atoms. The molecule has 0 rings (SSSR count). The predicted molar refractivity (Wildman–Crippen MR) is 16.4 cm³/mol. The fourth-order valence-electron chi connectivity index (χ4n) is 0. The van der Waals surface area contributed by atoms with Crippen LogP contribution in [0.3, 0.4) is 0 Å². The van der Waals surface area contributed by atoms with Crippen molar-refractivity contribution in [2.24, 2.45) is 0 Å². The van der Waals surface area contributed by atoms with E-state index in [1.54, 1.807) is 0 Å². The van der Waals surface area contributed by atoms with Gasteiger partial charge in [0.05, 0.1) is 0 Å². The van der Waals surface area contributed by atoms with Gasteiger partial charge in [-0.05, 0) is 0 Å². The van der Waals surface area contributed by atoms with Gasteiger partial charge in [0.1, 0.15) is 0 Å². The van der Waals surface area contributed by atoms with Crippen LogP contribution >= 0.6 is 0 Å². The summed E-state index contributed by atoms with van der Waals surface area (Å²) >= 11 is 0.125. The zero-order chi connectivity index (χ0) is 2.00. The van der Waals surface area contributed by atoms with Gasteiger partial charge in [-0.15, -0.1) is 0 Å². The molecule has 1 nitrogen and oxygen atoms in total. The van der Waals surface area contributed by atoms with E-state index in [9.17, 15) is 0 Å². The molecule has 0 saturated carbocycles. The van der Waals surface area contributed by atoms with Gasteiger partial charge in [0.2, 0.25) is 0 Å². The molecule has 0 saturated heterocycles. The Bertz CT molecular complexity index is 8.00. The standard InChI is InChI=1S/B.Bi.O.Zn.3H. The number of hydrogen-bond acceptors (Lipinski definition) is 1. The van der Waals surface area contributed by atoms with Crippen LogP contribution in [0.1, 0.15) is 0 Å². The normalized spacial score (nSPS) is 1.50. The molecule has 0 aliphatic rings. The van der Waals surface area contributed by atoms with Crippen molar-refractivity contribution in [2.45, 2.75) is 0 Å². The van der Waals surface area contributed by atoms with Crippen molar-refractivity contribution in [3.63, 3.8) is 0 Å². The molecule has 0 bridgehead atoms. The summed E-state index contributed by atoms with van der Waals surface area (Å²) in [7, 11) is 0. The van der Waals surface area contributed by atoms with Gasteiger partial charge in [0, 0.05) is 8.41 Å². The first kappa shape index (κ1) is 18.3. The monoisotopic (exact) mass is 303 g/mol. The van der Waals surface area contributed by atoms with Crippen LogP contribution in [0.5, 0.6) is 0 Å². The first-order valence-corrected chi connectivity index (χ1v) is 1.50. The Kier molecular flexibility index (Phi) is 121. The van der Waals surface area contributed by atoms with Gasteiger partial charge in [-0.2, -0.15) is 0 Å². The first-order valence-electron chi connectivity index (χ1n) is 0.289. The molecule has 0 N–H and O–H groups in total. The average Bonchev–Trinajstić information content (AvgIpc) is 1.00. The predicted octanol–water partition coefficient (Wildman–Crippen LogP) is -1.69. The molecule has 0 aromatic rings. The Labute approximate surface area is 56.2 Å². The second kappa shape index (κ2) is 26.4. The summed E-state index contributed by atoms with van der Waals surface area (Å²) in [5, 5.41) is 0. The molecule has 3 radical (unpaired) electrons. The van der Waals surface area contributed by atoms with Crippen molar-refractivity contribution < 1.29 is 21.8 Å². The van der Waals surface area contributed by atoms with Crippen molar-refractivity contribution in [3.8, 4) is 0 Å². The first-order chi connectivity index (χ1) is 1.00.